The van der Waals surface area contributed by atoms with Gasteiger partial charge in [-0.1, -0.05) is 0 Å². The Morgan fingerprint density at radius 2 is 2.25 bits per heavy atom. The Balaban J connectivity index is 1.80. The molecular weight excluding hydrogens is 256 g/mol. The zero-order valence-electron chi connectivity index (χ0n) is 11.7. The molecule has 0 N–H and O–H groups in total. The van der Waals surface area contributed by atoms with Crippen LogP contribution in [-0.4, -0.2) is 51.9 Å². The van der Waals surface area contributed by atoms with E-state index in [1.54, 1.807) is 18.3 Å². The molecule has 3 rings (SSSR count). The second-order valence-corrected chi connectivity index (χ2v) is 5.12. The van der Waals surface area contributed by atoms with Crippen LogP contribution in [0.5, 0.6) is 0 Å². The number of piperazine rings is 1. The third-order valence-corrected chi connectivity index (χ3v) is 3.82. The third-order valence-electron chi connectivity index (χ3n) is 3.82. The second kappa shape index (κ2) is 5.13. The van der Waals surface area contributed by atoms with Gasteiger partial charge in [-0.3, -0.25) is 9.69 Å². The van der Waals surface area contributed by atoms with E-state index >= 15 is 0 Å². The van der Waals surface area contributed by atoms with Gasteiger partial charge in [0.1, 0.15) is 5.82 Å². The van der Waals surface area contributed by atoms with Crippen LogP contribution in [0, 0.1) is 0 Å². The van der Waals surface area contributed by atoms with Crippen LogP contribution in [0.4, 0.5) is 0 Å². The Morgan fingerprint density at radius 3 is 2.90 bits per heavy atom. The molecule has 2 aromatic heterocycles. The van der Waals surface area contributed by atoms with Crippen molar-refractivity contribution in [3.05, 3.63) is 42.4 Å². The summed E-state index contributed by atoms with van der Waals surface area (Å²) in [5.41, 5.74) is 0. The largest absolute Gasteiger partial charge is 0.459 e. The Morgan fingerprint density at radius 1 is 1.40 bits per heavy atom. The fourth-order valence-electron chi connectivity index (χ4n) is 2.59. The van der Waals surface area contributed by atoms with E-state index in [1.807, 2.05) is 22.7 Å². The minimum Gasteiger partial charge on any atom is -0.459 e. The maximum atomic E-state index is 12.4. The second-order valence-electron chi connectivity index (χ2n) is 5.12. The van der Waals surface area contributed by atoms with E-state index in [1.165, 1.54) is 6.26 Å². The van der Waals surface area contributed by atoms with Crippen molar-refractivity contribution in [2.24, 2.45) is 7.05 Å². The average Bonchev–Trinajstić information content (AvgIpc) is 3.10. The first-order chi connectivity index (χ1) is 9.66. The van der Waals surface area contributed by atoms with Crippen LogP contribution in [0.15, 0.2) is 35.2 Å². The van der Waals surface area contributed by atoms with Gasteiger partial charge in [0.2, 0.25) is 0 Å². The number of carbonyl (C=O) groups excluding carboxylic acids is 1. The van der Waals surface area contributed by atoms with Gasteiger partial charge in [-0.25, -0.2) is 4.98 Å². The minimum absolute atomic E-state index is 0.0534. The highest BCUT2D eigenvalue weighted by molar-refractivity contribution is 5.91. The number of imidazole rings is 1. The molecule has 1 amide bonds. The summed E-state index contributed by atoms with van der Waals surface area (Å²) in [6, 6.07) is 3.55. The quantitative estimate of drug-likeness (QED) is 0.824. The van der Waals surface area contributed by atoms with Crippen LogP contribution in [0.2, 0.25) is 0 Å². The van der Waals surface area contributed by atoms with Crippen LogP contribution in [0.25, 0.3) is 0 Å². The minimum atomic E-state index is -0.0534. The van der Waals surface area contributed by atoms with Crippen molar-refractivity contribution in [1.29, 1.82) is 0 Å². The first-order valence-electron chi connectivity index (χ1n) is 6.67. The number of hydrogen-bond acceptors (Lipinski definition) is 4. The van der Waals surface area contributed by atoms with Crippen LogP contribution < -0.4 is 0 Å². The molecule has 1 fully saturated rings. The number of aryl methyl sites for hydroxylation is 1. The number of likely N-dealkylation sites (N-methyl/N-ethyl adjacent to an activating group) is 1. The molecule has 6 nitrogen and oxygen atoms in total. The molecule has 106 valence electrons. The van der Waals surface area contributed by atoms with Gasteiger partial charge in [-0.15, -0.1) is 0 Å². The number of furan rings is 1. The van der Waals surface area contributed by atoms with Crippen molar-refractivity contribution < 1.29 is 9.21 Å². The fraction of sp³-hybridized carbons (Fsp3) is 0.429. The predicted molar refractivity (Wildman–Crippen MR) is 73.2 cm³/mol. The van der Waals surface area contributed by atoms with Crippen molar-refractivity contribution in [2.45, 2.75) is 6.04 Å². The van der Waals surface area contributed by atoms with Crippen LogP contribution in [0.3, 0.4) is 0 Å². The van der Waals surface area contributed by atoms with E-state index in [0.717, 1.165) is 12.4 Å². The standard InChI is InChI=1S/C14H18N4O2/c1-16-7-8-18(14(19)12-4-3-9-20-12)10-11(16)13-15-5-6-17(13)2/h3-6,9,11H,7-8,10H2,1-2H3/t11-/m1/s1. The molecule has 0 aromatic carbocycles. The monoisotopic (exact) mass is 274 g/mol. The summed E-state index contributed by atoms with van der Waals surface area (Å²) in [6.45, 7) is 2.15. The first kappa shape index (κ1) is 12.9. The molecule has 1 atom stereocenters. The predicted octanol–water partition coefficient (Wildman–Crippen LogP) is 1.14. The number of aromatic nitrogens is 2. The molecule has 2 aromatic rings. The van der Waals surface area contributed by atoms with E-state index in [4.69, 9.17) is 4.42 Å². The molecule has 0 bridgehead atoms. The van der Waals surface area contributed by atoms with Gasteiger partial charge in [0.05, 0.1) is 12.3 Å². The summed E-state index contributed by atoms with van der Waals surface area (Å²) in [6.07, 6.45) is 5.24. The van der Waals surface area contributed by atoms with Crippen molar-refractivity contribution in [2.75, 3.05) is 26.7 Å². The zero-order valence-corrected chi connectivity index (χ0v) is 11.7. The molecular formula is C14H18N4O2. The van der Waals surface area contributed by atoms with Crippen LogP contribution in [-0.2, 0) is 7.05 Å². The molecule has 0 unspecified atom stereocenters. The van der Waals surface area contributed by atoms with Gasteiger partial charge in [0, 0.05) is 39.1 Å². The molecule has 20 heavy (non-hydrogen) atoms. The maximum Gasteiger partial charge on any atom is 0.289 e. The maximum absolute atomic E-state index is 12.4. The van der Waals surface area contributed by atoms with E-state index in [-0.39, 0.29) is 11.9 Å². The lowest BCUT2D eigenvalue weighted by Crippen LogP contribution is -2.49. The third kappa shape index (κ3) is 2.22. The smallest absolute Gasteiger partial charge is 0.289 e. The Labute approximate surface area is 117 Å². The molecule has 3 heterocycles. The summed E-state index contributed by atoms with van der Waals surface area (Å²) < 4.78 is 7.20. The summed E-state index contributed by atoms with van der Waals surface area (Å²) in [7, 11) is 4.04. The van der Waals surface area contributed by atoms with Crippen molar-refractivity contribution in [3.8, 4) is 0 Å². The zero-order chi connectivity index (χ0) is 14.1. The van der Waals surface area contributed by atoms with E-state index < -0.39 is 0 Å². The van der Waals surface area contributed by atoms with Gasteiger partial charge >= 0.3 is 0 Å². The highest BCUT2D eigenvalue weighted by atomic mass is 16.3. The summed E-state index contributed by atoms with van der Waals surface area (Å²) in [5.74, 6) is 1.32. The topological polar surface area (TPSA) is 54.5 Å². The summed E-state index contributed by atoms with van der Waals surface area (Å²) >= 11 is 0. The molecule has 1 aliphatic heterocycles. The number of rotatable bonds is 2. The average molecular weight is 274 g/mol. The van der Waals surface area contributed by atoms with Gasteiger partial charge in [-0.05, 0) is 19.2 Å². The van der Waals surface area contributed by atoms with Crippen LogP contribution >= 0.6 is 0 Å². The van der Waals surface area contributed by atoms with Gasteiger partial charge < -0.3 is 13.9 Å². The molecule has 0 spiro atoms. The lowest BCUT2D eigenvalue weighted by atomic mass is 10.1. The van der Waals surface area contributed by atoms with Gasteiger partial charge in [0.15, 0.2) is 5.76 Å². The highest BCUT2D eigenvalue weighted by Crippen LogP contribution is 2.23. The van der Waals surface area contributed by atoms with Crippen molar-refractivity contribution >= 4 is 5.91 Å². The normalized spacial score (nSPS) is 20.3. The van der Waals surface area contributed by atoms with E-state index in [0.29, 0.717) is 18.8 Å². The fourth-order valence-corrected chi connectivity index (χ4v) is 2.59. The Bertz CT molecular complexity index is 590. The van der Waals surface area contributed by atoms with E-state index in [9.17, 15) is 4.79 Å². The van der Waals surface area contributed by atoms with Crippen molar-refractivity contribution in [1.82, 2.24) is 19.4 Å². The van der Waals surface area contributed by atoms with Gasteiger partial charge in [0.25, 0.3) is 5.91 Å². The summed E-state index contributed by atoms with van der Waals surface area (Å²) in [4.78, 5) is 20.8. The molecule has 6 heteroatoms. The number of nitrogens with zero attached hydrogens (tertiary/aromatic N) is 4. The first-order valence-corrected chi connectivity index (χ1v) is 6.67. The van der Waals surface area contributed by atoms with Gasteiger partial charge in [-0.2, -0.15) is 0 Å². The number of carbonyl (C=O) groups is 1. The molecule has 0 aliphatic carbocycles. The lowest BCUT2D eigenvalue weighted by Gasteiger charge is -2.38. The molecule has 1 aliphatic rings. The number of amides is 1. The van der Waals surface area contributed by atoms with Crippen molar-refractivity contribution in [3.63, 3.8) is 0 Å². The van der Waals surface area contributed by atoms with E-state index in [2.05, 4.69) is 16.9 Å². The molecule has 0 saturated carbocycles. The summed E-state index contributed by atoms with van der Waals surface area (Å²) in [5, 5.41) is 0. The Hall–Kier alpha value is -2.08. The number of hydrogen-bond donors (Lipinski definition) is 0. The highest BCUT2D eigenvalue weighted by Gasteiger charge is 2.31. The Kier molecular flexibility index (Phi) is 3.31. The lowest BCUT2D eigenvalue weighted by molar-refractivity contribution is 0.0500. The van der Waals surface area contributed by atoms with Crippen LogP contribution in [0.1, 0.15) is 22.4 Å². The SMILES string of the molecule is CN1CCN(C(=O)c2ccco2)C[C@@H]1c1nccn1C. The molecule has 1 saturated heterocycles. The molecule has 0 radical (unpaired) electrons.